The van der Waals surface area contributed by atoms with Crippen molar-refractivity contribution in [1.82, 2.24) is 0 Å². The van der Waals surface area contributed by atoms with Crippen LogP contribution in [0.15, 0.2) is 12.1 Å². The molecule has 62 valence electrons. The quantitative estimate of drug-likeness (QED) is 0.571. The highest BCUT2D eigenvalue weighted by atomic mass is 16.3. The lowest BCUT2D eigenvalue weighted by Gasteiger charge is -2.16. The summed E-state index contributed by atoms with van der Waals surface area (Å²) < 4.78 is 0. The van der Waals surface area contributed by atoms with Crippen molar-refractivity contribution >= 4 is 0 Å². The highest BCUT2D eigenvalue weighted by molar-refractivity contribution is 5.53. The molecular formula is C10H10O2. The molecule has 2 rings (SSSR count). The first-order valence-corrected chi connectivity index (χ1v) is 4.07. The Labute approximate surface area is 71.5 Å². The van der Waals surface area contributed by atoms with Crippen molar-refractivity contribution in [2.75, 3.05) is 0 Å². The molecule has 0 bridgehead atoms. The van der Waals surface area contributed by atoms with E-state index in [4.69, 9.17) is 0 Å². The summed E-state index contributed by atoms with van der Waals surface area (Å²) in [4.78, 5) is 0. The van der Waals surface area contributed by atoms with Crippen LogP contribution in [0, 0.1) is 6.42 Å². The molecule has 1 aliphatic carbocycles. The minimum Gasteiger partial charge on any atom is -0.504 e. The van der Waals surface area contributed by atoms with Gasteiger partial charge in [-0.05, 0) is 30.9 Å². The van der Waals surface area contributed by atoms with Crippen molar-refractivity contribution in [2.45, 2.75) is 19.3 Å². The van der Waals surface area contributed by atoms with Crippen molar-refractivity contribution in [3.63, 3.8) is 0 Å². The number of rotatable bonds is 0. The lowest BCUT2D eigenvalue weighted by molar-refractivity contribution is 0.399. The van der Waals surface area contributed by atoms with E-state index >= 15 is 0 Å². The summed E-state index contributed by atoms with van der Waals surface area (Å²) >= 11 is 0. The Morgan fingerprint density at radius 3 is 2.92 bits per heavy atom. The van der Waals surface area contributed by atoms with Gasteiger partial charge in [0.05, 0.1) is 0 Å². The number of fused-ring (bicyclic) bond motifs is 1. The molecule has 0 heterocycles. The van der Waals surface area contributed by atoms with Gasteiger partial charge < -0.3 is 10.2 Å². The molecule has 0 fully saturated rings. The zero-order chi connectivity index (χ0) is 8.55. The SMILES string of the molecule is Oc1ccc2c(c1O)[C]CCC2. The highest BCUT2D eigenvalue weighted by Crippen LogP contribution is 2.36. The average molecular weight is 162 g/mol. The summed E-state index contributed by atoms with van der Waals surface area (Å²) in [6.07, 6.45) is 5.98. The van der Waals surface area contributed by atoms with Crippen molar-refractivity contribution in [3.8, 4) is 11.5 Å². The molecule has 1 aromatic carbocycles. The van der Waals surface area contributed by atoms with Crippen LogP contribution >= 0.6 is 0 Å². The van der Waals surface area contributed by atoms with E-state index in [1.807, 2.05) is 6.07 Å². The number of aromatic hydroxyl groups is 2. The Balaban J connectivity index is 2.54. The summed E-state index contributed by atoms with van der Waals surface area (Å²) in [6, 6.07) is 3.37. The number of hydrogen-bond acceptors (Lipinski definition) is 2. The molecule has 0 aliphatic heterocycles. The topological polar surface area (TPSA) is 40.5 Å². The lowest BCUT2D eigenvalue weighted by atomic mass is 9.91. The van der Waals surface area contributed by atoms with Gasteiger partial charge in [0.25, 0.3) is 0 Å². The van der Waals surface area contributed by atoms with E-state index in [9.17, 15) is 10.2 Å². The first-order valence-electron chi connectivity index (χ1n) is 4.07. The molecule has 2 nitrogen and oxygen atoms in total. The second-order valence-electron chi connectivity index (χ2n) is 3.00. The van der Waals surface area contributed by atoms with Crippen LogP contribution < -0.4 is 0 Å². The summed E-state index contributed by atoms with van der Waals surface area (Å²) in [5.74, 6) is -0.0737. The van der Waals surface area contributed by atoms with Gasteiger partial charge in [-0.15, -0.1) is 0 Å². The van der Waals surface area contributed by atoms with E-state index < -0.39 is 0 Å². The normalized spacial score (nSPS) is 15.7. The first kappa shape index (κ1) is 7.47. The van der Waals surface area contributed by atoms with Gasteiger partial charge in [0.15, 0.2) is 11.5 Å². The van der Waals surface area contributed by atoms with Crippen LogP contribution in [-0.2, 0) is 6.42 Å². The van der Waals surface area contributed by atoms with Gasteiger partial charge in [-0.3, -0.25) is 0 Å². The highest BCUT2D eigenvalue weighted by Gasteiger charge is 2.15. The van der Waals surface area contributed by atoms with Crippen LogP contribution in [-0.4, -0.2) is 10.2 Å². The van der Waals surface area contributed by atoms with E-state index in [2.05, 4.69) is 6.42 Å². The molecule has 0 atom stereocenters. The van der Waals surface area contributed by atoms with E-state index in [0.29, 0.717) is 5.56 Å². The second-order valence-corrected chi connectivity index (χ2v) is 3.00. The first-order chi connectivity index (χ1) is 5.79. The number of aryl methyl sites for hydroxylation is 1. The molecular weight excluding hydrogens is 152 g/mol. The van der Waals surface area contributed by atoms with Crippen LogP contribution in [0.3, 0.4) is 0 Å². The van der Waals surface area contributed by atoms with Crippen molar-refractivity contribution in [3.05, 3.63) is 29.7 Å². The summed E-state index contributed by atoms with van der Waals surface area (Å²) in [7, 11) is 0. The Kier molecular flexibility index (Phi) is 1.68. The smallest absolute Gasteiger partial charge is 0.161 e. The van der Waals surface area contributed by atoms with Gasteiger partial charge in [0.1, 0.15) is 0 Å². The number of phenolic OH excluding ortho intramolecular Hbond substituents is 2. The Hall–Kier alpha value is -1.18. The van der Waals surface area contributed by atoms with E-state index in [0.717, 1.165) is 24.8 Å². The van der Waals surface area contributed by atoms with Gasteiger partial charge in [-0.2, -0.15) is 0 Å². The third-order valence-corrected chi connectivity index (χ3v) is 2.17. The molecule has 0 amide bonds. The van der Waals surface area contributed by atoms with E-state index in [-0.39, 0.29) is 11.5 Å². The van der Waals surface area contributed by atoms with Gasteiger partial charge in [-0.1, -0.05) is 6.07 Å². The van der Waals surface area contributed by atoms with Gasteiger partial charge in [-0.25, -0.2) is 0 Å². The summed E-state index contributed by atoms with van der Waals surface area (Å²) in [5, 5.41) is 18.6. The molecule has 0 saturated heterocycles. The van der Waals surface area contributed by atoms with Crippen LogP contribution in [0.5, 0.6) is 11.5 Å². The zero-order valence-electron chi connectivity index (χ0n) is 6.67. The monoisotopic (exact) mass is 162 g/mol. The van der Waals surface area contributed by atoms with Crippen molar-refractivity contribution in [1.29, 1.82) is 0 Å². The predicted molar refractivity (Wildman–Crippen MR) is 45.1 cm³/mol. The molecule has 2 radical (unpaired) electrons. The molecule has 0 saturated carbocycles. The molecule has 0 unspecified atom stereocenters. The fourth-order valence-electron chi connectivity index (χ4n) is 1.52. The molecule has 2 N–H and O–H groups in total. The lowest BCUT2D eigenvalue weighted by Crippen LogP contribution is -2.00. The minimum atomic E-state index is -0.0526. The van der Waals surface area contributed by atoms with Crippen LogP contribution in [0.2, 0.25) is 0 Å². The maximum Gasteiger partial charge on any atom is 0.161 e. The average Bonchev–Trinajstić information content (AvgIpc) is 2.12. The number of hydrogen-bond donors (Lipinski definition) is 2. The van der Waals surface area contributed by atoms with Crippen molar-refractivity contribution in [2.24, 2.45) is 0 Å². The molecule has 1 aliphatic rings. The van der Waals surface area contributed by atoms with Crippen molar-refractivity contribution < 1.29 is 10.2 Å². The third kappa shape index (κ3) is 1.04. The largest absolute Gasteiger partial charge is 0.504 e. The molecule has 1 aromatic rings. The van der Waals surface area contributed by atoms with E-state index in [1.54, 1.807) is 0 Å². The standard InChI is InChI=1S/C10H10O2/c11-9-6-5-7-3-1-2-4-8(7)10(9)12/h5-6,11-12H,1-3H2. The zero-order valence-corrected chi connectivity index (χ0v) is 6.67. The maximum atomic E-state index is 9.43. The van der Waals surface area contributed by atoms with E-state index in [1.165, 1.54) is 6.07 Å². The van der Waals surface area contributed by atoms with Gasteiger partial charge in [0, 0.05) is 12.0 Å². The molecule has 2 heteroatoms. The maximum absolute atomic E-state index is 9.43. The summed E-state index contributed by atoms with van der Waals surface area (Å²) in [6.45, 7) is 0. The second kappa shape index (κ2) is 2.70. The molecule has 12 heavy (non-hydrogen) atoms. The summed E-state index contributed by atoms with van der Waals surface area (Å²) in [5.41, 5.74) is 1.78. The predicted octanol–water partition coefficient (Wildman–Crippen LogP) is 1.86. The number of benzene rings is 1. The Morgan fingerprint density at radius 2 is 2.08 bits per heavy atom. The van der Waals surface area contributed by atoms with Crippen LogP contribution in [0.4, 0.5) is 0 Å². The molecule has 0 spiro atoms. The molecule has 0 aromatic heterocycles. The minimum absolute atomic E-state index is 0.0211. The Bertz CT molecular complexity index is 305. The Morgan fingerprint density at radius 1 is 1.25 bits per heavy atom. The van der Waals surface area contributed by atoms with Crippen LogP contribution in [0.25, 0.3) is 0 Å². The fraction of sp³-hybridized carbons (Fsp3) is 0.300. The third-order valence-electron chi connectivity index (χ3n) is 2.17. The van der Waals surface area contributed by atoms with Gasteiger partial charge in [0.2, 0.25) is 0 Å². The fourth-order valence-corrected chi connectivity index (χ4v) is 1.52. The van der Waals surface area contributed by atoms with Crippen LogP contribution in [0.1, 0.15) is 24.0 Å². The number of phenols is 2. The van der Waals surface area contributed by atoms with Gasteiger partial charge >= 0.3 is 0 Å².